The lowest BCUT2D eigenvalue weighted by atomic mass is 10.0. The monoisotopic (exact) mass is 378 g/mol. The number of aryl methyl sites for hydroxylation is 3. The third kappa shape index (κ3) is 4.95. The average molecular weight is 379 g/mol. The van der Waals surface area contributed by atoms with Gasteiger partial charge in [-0.25, -0.2) is 4.98 Å². The van der Waals surface area contributed by atoms with Crippen LogP contribution < -0.4 is 4.74 Å². The van der Waals surface area contributed by atoms with Crippen molar-refractivity contribution in [3.8, 4) is 5.75 Å². The molecule has 0 aliphatic heterocycles. The number of rotatable bonds is 10. The lowest BCUT2D eigenvalue weighted by Crippen LogP contribution is -2.07. The molecule has 0 bridgehead atoms. The number of hydrogen-bond donors (Lipinski definition) is 0. The van der Waals surface area contributed by atoms with Crippen molar-refractivity contribution in [2.75, 3.05) is 6.61 Å². The third-order valence-electron chi connectivity index (χ3n) is 5.31. The van der Waals surface area contributed by atoms with Crippen molar-refractivity contribution in [3.63, 3.8) is 0 Å². The maximum absolute atomic E-state index is 6.16. The van der Waals surface area contributed by atoms with Gasteiger partial charge >= 0.3 is 0 Å². The summed E-state index contributed by atoms with van der Waals surface area (Å²) >= 11 is 0. The van der Waals surface area contributed by atoms with Gasteiger partial charge < -0.3 is 9.30 Å². The highest BCUT2D eigenvalue weighted by atomic mass is 16.5. The van der Waals surface area contributed by atoms with Gasteiger partial charge in [0, 0.05) is 13.0 Å². The normalized spacial score (nSPS) is 11.5. The molecule has 0 saturated carbocycles. The Morgan fingerprint density at radius 1 is 1.04 bits per heavy atom. The minimum absolute atomic E-state index is 0.481. The topological polar surface area (TPSA) is 27.1 Å². The van der Waals surface area contributed by atoms with E-state index in [4.69, 9.17) is 9.72 Å². The van der Waals surface area contributed by atoms with Gasteiger partial charge in [0.2, 0.25) is 0 Å². The predicted octanol–water partition coefficient (Wildman–Crippen LogP) is 6.67. The molecule has 28 heavy (non-hydrogen) atoms. The molecule has 3 heteroatoms. The molecule has 3 rings (SSSR count). The average Bonchev–Trinajstić information content (AvgIpc) is 3.03. The Kier molecular flexibility index (Phi) is 7.13. The van der Waals surface area contributed by atoms with Gasteiger partial charge in [-0.05, 0) is 61.4 Å². The fourth-order valence-electron chi connectivity index (χ4n) is 3.70. The highest BCUT2D eigenvalue weighted by Crippen LogP contribution is 2.27. The van der Waals surface area contributed by atoms with E-state index in [1.165, 1.54) is 35.3 Å². The minimum atomic E-state index is 0.481. The van der Waals surface area contributed by atoms with E-state index in [2.05, 4.69) is 74.7 Å². The van der Waals surface area contributed by atoms with Crippen LogP contribution in [0.5, 0.6) is 5.75 Å². The lowest BCUT2D eigenvalue weighted by Gasteiger charge is -2.15. The summed E-state index contributed by atoms with van der Waals surface area (Å²) in [6.45, 7) is 10.6. The Hall–Kier alpha value is -2.29. The maximum Gasteiger partial charge on any atom is 0.122 e. The van der Waals surface area contributed by atoms with Crippen molar-refractivity contribution in [3.05, 3.63) is 59.4 Å². The van der Waals surface area contributed by atoms with Gasteiger partial charge in [-0.1, -0.05) is 51.5 Å². The second-order valence-electron chi connectivity index (χ2n) is 8.02. The SMILES string of the molecule is CCCCc1nc2ccccc2n1CCCCOc1cc(C)ccc1C(C)C. The zero-order valence-electron chi connectivity index (χ0n) is 17.9. The number of unbranched alkanes of at least 4 members (excludes halogenated alkanes) is 2. The van der Waals surface area contributed by atoms with Gasteiger partial charge in [0.15, 0.2) is 0 Å². The molecule has 1 heterocycles. The first-order chi connectivity index (χ1) is 13.6. The van der Waals surface area contributed by atoms with E-state index in [0.717, 1.165) is 43.7 Å². The van der Waals surface area contributed by atoms with Gasteiger partial charge in [0.1, 0.15) is 11.6 Å². The van der Waals surface area contributed by atoms with E-state index in [9.17, 15) is 0 Å². The van der Waals surface area contributed by atoms with Crippen molar-refractivity contribution < 1.29 is 4.74 Å². The molecule has 3 aromatic rings. The summed E-state index contributed by atoms with van der Waals surface area (Å²) < 4.78 is 8.57. The first-order valence-electron chi connectivity index (χ1n) is 10.8. The number of benzene rings is 2. The molecule has 0 atom stereocenters. The van der Waals surface area contributed by atoms with E-state index in [0.29, 0.717) is 5.92 Å². The van der Waals surface area contributed by atoms with Crippen molar-refractivity contribution in [1.29, 1.82) is 0 Å². The standard InChI is InChI=1S/C25H34N2O/c1-5-6-13-25-26-22-11-7-8-12-23(22)27(25)16-9-10-17-28-24-18-20(4)14-15-21(24)19(2)3/h7-8,11-12,14-15,18-19H,5-6,9-10,13,16-17H2,1-4H3. The van der Waals surface area contributed by atoms with Crippen LogP contribution in [0.15, 0.2) is 42.5 Å². The van der Waals surface area contributed by atoms with E-state index in [-0.39, 0.29) is 0 Å². The van der Waals surface area contributed by atoms with Crippen LogP contribution in [-0.4, -0.2) is 16.2 Å². The summed E-state index contributed by atoms with van der Waals surface area (Å²) in [6.07, 6.45) is 5.60. The minimum Gasteiger partial charge on any atom is -0.493 e. The summed E-state index contributed by atoms with van der Waals surface area (Å²) in [5.41, 5.74) is 4.93. The molecule has 1 aromatic heterocycles. The molecule has 0 unspecified atom stereocenters. The Morgan fingerprint density at radius 2 is 1.86 bits per heavy atom. The molecule has 0 radical (unpaired) electrons. The molecule has 0 saturated heterocycles. The number of aromatic nitrogens is 2. The molecule has 0 spiro atoms. The summed E-state index contributed by atoms with van der Waals surface area (Å²) in [5, 5.41) is 0. The maximum atomic E-state index is 6.16. The van der Waals surface area contributed by atoms with Crippen molar-refractivity contribution >= 4 is 11.0 Å². The predicted molar refractivity (Wildman–Crippen MR) is 118 cm³/mol. The molecular weight excluding hydrogens is 344 g/mol. The molecule has 0 aliphatic carbocycles. The van der Waals surface area contributed by atoms with Crippen LogP contribution >= 0.6 is 0 Å². The number of nitrogens with zero attached hydrogens (tertiary/aromatic N) is 2. The molecule has 0 N–H and O–H groups in total. The number of para-hydroxylation sites is 2. The van der Waals surface area contributed by atoms with Crippen LogP contribution in [0.2, 0.25) is 0 Å². The number of fused-ring (bicyclic) bond motifs is 1. The van der Waals surface area contributed by atoms with Crippen LogP contribution in [0.1, 0.15) is 69.3 Å². The Labute approximate surface area is 169 Å². The van der Waals surface area contributed by atoms with Crippen molar-refractivity contribution in [1.82, 2.24) is 9.55 Å². The van der Waals surface area contributed by atoms with Crippen LogP contribution in [0.4, 0.5) is 0 Å². The van der Waals surface area contributed by atoms with Gasteiger partial charge in [0.25, 0.3) is 0 Å². The summed E-state index contributed by atoms with van der Waals surface area (Å²) in [4.78, 5) is 4.87. The molecule has 0 aliphatic rings. The third-order valence-corrected chi connectivity index (χ3v) is 5.31. The van der Waals surface area contributed by atoms with Gasteiger partial charge in [0.05, 0.1) is 17.6 Å². The number of imidazole rings is 1. The van der Waals surface area contributed by atoms with Crippen LogP contribution in [0.3, 0.4) is 0 Å². The molecule has 0 amide bonds. The number of ether oxygens (including phenoxy) is 1. The van der Waals surface area contributed by atoms with E-state index >= 15 is 0 Å². The lowest BCUT2D eigenvalue weighted by molar-refractivity contribution is 0.299. The quantitative estimate of drug-likeness (QED) is 0.368. The smallest absolute Gasteiger partial charge is 0.122 e. The summed E-state index contributed by atoms with van der Waals surface area (Å²) in [7, 11) is 0. The van der Waals surface area contributed by atoms with Crippen molar-refractivity contribution in [2.24, 2.45) is 0 Å². The fraction of sp³-hybridized carbons (Fsp3) is 0.480. The second-order valence-corrected chi connectivity index (χ2v) is 8.02. The molecule has 150 valence electrons. The van der Waals surface area contributed by atoms with E-state index in [1.807, 2.05) is 0 Å². The number of hydrogen-bond acceptors (Lipinski definition) is 2. The molecule has 0 fully saturated rings. The van der Waals surface area contributed by atoms with Crippen LogP contribution in [0.25, 0.3) is 11.0 Å². The fourth-order valence-corrected chi connectivity index (χ4v) is 3.70. The van der Waals surface area contributed by atoms with Gasteiger partial charge in [-0.15, -0.1) is 0 Å². The van der Waals surface area contributed by atoms with Gasteiger partial charge in [-0.3, -0.25) is 0 Å². The Bertz CT molecular complexity index is 895. The first kappa shape index (κ1) is 20.4. The first-order valence-corrected chi connectivity index (χ1v) is 10.8. The largest absolute Gasteiger partial charge is 0.493 e. The second kappa shape index (κ2) is 9.77. The zero-order chi connectivity index (χ0) is 19.9. The zero-order valence-corrected chi connectivity index (χ0v) is 17.9. The van der Waals surface area contributed by atoms with Gasteiger partial charge in [-0.2, -0.15) is 0 Å². The van der Waals surface area contributed by atoms with E-state index < -0.39 is 0 Å². The Morgan fingerprint density at radius 3 is 2.64 bits per heavy atom. The molecular formula is C25H34N2O. The molecule has 2 aromatic carbocycles. The highest BCUT2D eigenvalue weighted by Gasteiger charge is 2.10. The van der Waals surface area contributed by atoms with E-state index in [1.54, 1.807) is 0 Å². The van der Waals surface area contributed by atoms with Crippen LogP contribution in [0, 0.1) is 6.92 Å². The van der Waals surface area contributed by atoms with Crippen LogP contribution in [-0.2, 0) is 13.0 Å². The highest BCUT2D eigenvalue weighted by molar-refractivity contribution is 5.75. The Balaban J connectivity index is 1.59. The summed E-state index contributed by atoms with van der Waals surface area (Å²) in [5.74, 6) is 2.76. The van der Waals surface area contributed by atoms with Crippen molar-refractivity contribution in [2.45, 2.75) is 72.3 Å². The molecule has 3 nitrogen and oxygen atoms in total. The summed E-state index contributed by atoms with van der Waals surface area (Å²) in [6, 6.07) is 15.0.